The van der Waals surface area contributed by atoms with Crippen LogP contribution in [0.4, 0.5) is 0 Å². The number of nitrogens with one attached hydrogen (secondary N) is 1. The van der Waals surface area contributed by atoms with Crippen LogP contribution in [0, 0.1) is 11.3 Å². The zero-order chi connectivity index (χ0) is 14.6. The number of carboxylic acid groups (broad SMARTS) is 1. The van der Waals surface area contributed by atoms with Crippen LogP contribution in [0.25, 0.3) is 6.08 Å². The summed E-state index contributed by atoms with van der Waals surface area (Å²) in [5.74, 6) is -1.54. The lowest BCUT2D eigenvalue weighted by atomic mass is 10.2. The topological polar surface area (TPSA) is 95.1 Å². The van der Waals surface area contributed by atoms with Crippen molar-refractivity contribution in [1.29, 1.82) is 5.26 Å². The summed E-state index contributed by atoms with van der Waals surface area (Å²) in [6, 6.07) is 4.70. The molecule has 1 aromatic heterocycles. The fourth-order valence-electron chi connectivity index (χ4n) is 1.52. The molecule has 0 radical (unpaired) electrons. The molecule has 0 fully saturated rings. The van der Waals surface area contributed by atoms with Gasteiger partial charge in [-0.15, -0.1) is 0 Å². The summed E-state index contributed by atoms with van der Waals surface area (Å²) in [6.07, 6.45) is 1.37. The van der Waals surface area contributed by atoms with E-state index in [4.69, 9.17) is 10.4 Å². The van der Waals surface area contributed by atoms with Crippen LogP contribution >= 0.6 is 0 Å². The molecule has 0 aliphatic heterocycles. The summed E-state index contributed by atoms with van der Waals surface area (Å²) in [5, 5.41) is 20.5. The van der Waals surface area contributed by atoms with Crippen molar-refractivity contribution in [2.45, 2.75) is 19.9 Å². The van der Waals surface area contributed by atoms with Gasteiger partial charge in [0.15, 0.2) is 0 Å². The second-order valence-corrected chi connectivity index (χ2v) is 4.31. The minimum atomic E-state index is -1.06. The predicted octanol–water partition coefficient (Wildman–Crippen LogP) is 1.15. The van der Waals surface area contributed by atoms with Crippen molar-refractivity contribution in [2.24, 2.45) is 7.05 Å². The molecule has 1 aromatic rings. The highest BCUT2D eigenvalue weighted by atomic mass is 16.4. The number of amides is 1. The maximum absolute atomic E-state index is 11.7. The molecule has 0 spiro atoms. The maximum atomic E-state index is 11.7. The largest absolute Gasteiger partial charge is 0.477 e. The summed E-state index contributed by atoms with van der Waals surface area (Å²) in [4.78, 5) is 22.6. The van der Waals surface area contributed by atoms with E-state index in [0.717, 1.165) is 0 Å². The Balaban J connectivity index is 3.09. The van der Waals surface area contributed by atoms with E-state index < -0.39 is 11.9 Å². The van der Waals surface area contributed by atoms with Crippen molar-refractivity contribution in [1.82, 2.24) is 9.88 Å². The Kier molecular flexibility index (Phi) is 4.48. The molecule has 0 bridgehead atoms. The molecule has 100 valence electrons. The number of carboxylic acids is 1. The van der Waals surface area contributed by atoms with Gasteiger partial charge in [0.25, 0.3) is 5.91 Å². The van der Waals surface area contributed by atoms with E-state index in [1.54, 1.807) is 27.0 Å². The highest BCUT2D eigenvalue weighted by Crippen LogP contribution is 2.11. The Bertz CT molecular complexity index is 576. The normalized spacial score (nSPS) is 11.2. The molecule has 1 rings (SSSR count). The zero-order valence-corrected chi connectivity index (χ0v) is 11.0. The van der Waals surface area contributed by atoms with Gasteiger partial charge in [-0.1, -0.05) is 0 Å². The van der Waals surface area contributed by atoms with E-state index in [9.17, 15) is 9.59 Å². The van der Waals surface area contributed by atoms with Gasteiger partial charge in [-0.05, 0) is 32.1 Å². The minimum Gasteiger partial charge on any atom is -0.477 e. The number of nitrogens with zero attached hydrogens (tertiary/aromatic N) is 2. The molecule has 2 N–H and O–H groups in total. The van der Waals surface area contributed by atoms with Crippen LogP contribution in [0.3, 0.4) is 0 Å². The fraction of sp³-hybridized carbons (Fsp3) is 0.308. The van der Waals surface area contributed by atoms with E-state index in [0.29, 0.717) is 5.69 Å². The summed E-state index contributed by atoms with van der Waals surface area (Å²) < 4.78 is 1.41. The lowest BCUT2D eigenvalue weighted by Crippen LogP contribution is -2.31. The molecule has 19 heavy (non-hydrogen) atoms. The van der Waals surface area contributed by atoms with Gasteiger partial charge in [0, 0.05) is 18.8 Å². The van der Waals surface area contributed by atoms with Crippen LogP contribution in [-0.2, 0) is 11.8 Å². The lowest BCUT2D eigenvalue weighted by molar-refractivity contribution is -0.117. The third kappa shape index (κ3) is 3.45. The lowest BCUT2D eigenvalue weighted by Gasteiger charge is -2.07. The molecule has 1 amide bonds. The van der Waals surface area contributed by atoms with Crippen molar-refractivity contribution in [3.63, 3.8) is 0 Å². The van der Waals surface area contributed by atoms with Crippen LogP contribution in [0.1, 0.15) is 30.0 Å². The molecule has 0 atom stereocenters. The first-order valence-corrected chi connectivity index (χ1v) is 5.68. The van der Waals surface area contributed by atoms with Gasteiger partial charge in [0.2, 0.25) is 0 Å². The van der Waals surface area contributed by atoms with Crippen molar-refractivity contribution in [3.05, 3.63) is 29.1 Å². The maximum Gasteiger partial charge on any atom is 0.352 e. The number of nitriles is 1. The molecule has 6 nitrogen and oxygen atoms in total. The second kappa shape index (κ2) is 5.87. The quantitative estimate of drug-likeness (QED) is 0.628. The van der Waals surface area contributed by atoms with Gasteiger partial charge >= 0.3 is 5.97 Å². The number of aromatic carboxylic acids is 1. The van der Waals surface area contributed by atoms with Crippen LogP contribution in [0.5, 0.6) is 0 Å². The Morgan fingerprint density at radius 3 is 2.53 bits per heavy atom. The summed E-state index contributed by atoms with van der Waals surface area (Å²) in [5.41, 5.74) is 0.507. The van der Waals surface area contributed by atoms with E-state index in [1.165, 1.54) is 16.7 Å². The molecule has 1 heterocycles. The predicted molar refractivity (Wildman–Crippen MR) is 69.2 cm³/mol. The first kappa shape index (κ1) is 14.5. The average Bonchev–Trinajstić information content (AvgIpc) is 2.66. The monoisotopic (exact) mass is 261 g/mol. The molecule has 0 saturated carbocycles. The standard InChI is InChI=1S/C13H15N3O3/c1-8(2)15-12(17)9(7-14)6-10-4-5-11(13(18)19)16(10)3/h4-6,8H,1-3H3,(H,15,17)(H,18,19)/b9-6+. The Hall–Kier alpha value is -2.55. The van der Waals surface area contributed by atoms with Gasteiger partial charge in [-0.3, -0.25) is 4.79 Å². The van der Waals surface area contributed by atoms with Crippen LogP contribution in [-0.4, -0.2) is 27.6 Å². The van der Waals surface area contributed by atoms with Crippen molar-refractivity contribution in [3.8, 4) is 6.07 Å². The Morgan fingerprint density at radius 2 is 2.11 bits per heavy atom. The fourth-order valence-corrected chi connectivity index (χ4v) is 1.52. The number of hydrogen-bond donors (Lipinski definition) is 2. The molecular formula is C13H15N3O3. The molecule has 0 aliphatic rings. The van der Waals surface area contributed by atoms with Crippen LogP contribution < -0.4 is 5.32 Å². The van der Waals surface area contributed by atoms with Gasteiger partial charge in [-0.25, -0.2) is 4.79 Å². The number of carbonyl (C=O) groups excluding carboxylic acids is 1. The van der Waals surface area contributed by atoms with E-state index in [1.807, 2.05) is 6.07 Å². The smallest absolute Gasteiger partial charge is 0.352 e. The summed E-state index contributed by atoms with van der Waals surface area (Å²) >= 11 is 0. The number of hydrogen-bond acceptors (Lipinski definition) is 3. The zero-order valence-electron chi connectivity index (χ0n) is 11.0. The average molecular weight is 261 g/mol. The highest BCUT2D eigenvalue weighted by Gasteiger charge is 2.13. The van der Waals surface area contributed by atoms with Gasteiger partial charge in [0.05, 0.1) is 0 Å². The SMILES string of the molecule is CC(C)NC(=O)/C(C#N)=C/c1ccc(C(=O)O)n1C. The molecular weight excluding hydrogens is 246 g/mol. The van der Waals surface area contributed by atoms with Crippen LogP contribution in [0.2, 0.25) is 0 Å². The van der Waals surface area contributed by atoms with Crippen molar-refractivity contribution < 1.29 is 14.7 Å². The van der Waals surface area contributed by atoms with E-state index in [-0.39, 0.29) is 17.3 Å². The molecule has 6 heteroatoms. The summed E-state index contributed by atoms with van der Waals surface area (Å²) in [6.45, 7) is 3.58. The van der Waals surface area contributed by atoms with Crippen molar-refractivity contribution >= 4 is 18.0 Å². The molecule has 0 saturated heterocycles. The third-order valence-corrected chi connectivity index (χ3v) is 2.46. The van der Waals surface area contributed by atoms with Gasteiger partial charge in [-0.2, -0.15) is 5.26 Å². The first-order valence-electron chi connectivity index (χ1n) is 5.68. The van der Waals surface area contributed by atoms with Gasteiger partial charge in [0.1, 0.15) is 17.3 Å². The Labute approximate surface area is 111 Å². The van der Waals surface area contributed by atoms with E-state index in [2.05, 4.69) is 5.32 Å². The number of carbonyl (C=O) groups is 2. The molecule has 0 unspecified atom stereocenters. The summed E-state index contributed by atoms with van der Waals surface area (Å²) in [7, 11) is 1.56. The van der Waals surface area contributed by atoms with E-state index >= 15 is 0 Å². The van der Waals surface area contributed by atoms with Crippen molar-refractivity contribution in [2.75, 3.05) is 0 Å². The minimum absolute atomic E-state index is 0.0631. The number of rotatable bonds is 4. The Morgan fingerprint density at radius 1 is 1.47 bits per heavy atom. The third-order valence-electron chi connectivity index (χ3n) is 2.46. The van der Waals surface area contributed by atoms with Gasteiger partial charge < -0.3 is 15.0 Å². The first-order chi connectivity index (χ1) is 8.86. The molecule has 0 aromatic carbocycles. The second-order valence-electron chi connectivity index (χ2n) is 4.31. The highest BCUT2D eigenvalue weighted by molar-refractivity contribution is 6.01. The molecule has 0 aliphatic carbocycles. The van der Waals surface area contributed by atoms with Crippen LogP contribution in [0.15, 0.2) is 17.7 Å². The number of aromatic nitrogens is 1.